The molecule has 2 amide bonds. The molecule has 0 saturated heterocycles. The van der Waals surface area contributed by atoms with Crippen molar-refractivity contribution in [2.45, 2.75) is 25.7 Å². The third-order valence-corrected chi connectivity index (χ3v) is 7.08. The number of carbonyl (C=O) groups is 2. The van der Waals surface area contributed by atoms with Gasteiger partial charge in [0, 0.05) is 49.5 Å². The van der Waals surface area contributed by atoms with Gasteiger partial charge in [-0.05, 0) is 54.6 Å². The summed E-state index contributed by atoms with van der Waals surface area (Å²) < 4.78 is 1.67. The highest BCUT2D eigenvalue weighted by atomic mass is 35.5. The molecule has 4 aromatic rings. The van der Waals surface area contributed by atoms with E-state index in [2.05, 4.69) is 10.3 Å². The smallest absolute Gasteiger partial charge is 0.257 e. The fourth-order valence-corrected chi connectivity index (χ4v) is 4.94. The van der Waals surface area contributed by atoms with Crippen LogP contribution in [0.1, 0.15) is 33.3 Å². The minimum Gasteiger partial charge on any atom is -0.385 e. The minimum atomic E-state index is -0.785. The molecular formula is C29H28ClN5O4. The molecule has 5 rings (SSSR count). The molecule has 2 aromatic carbocycles. The highest BCUT2D eigenvalue weighted by Crippen LogP contribution is 2.31. The van der Waals surface area contributed by atoms with Crippen LogP contribution < -0.4 is 15.6 Å². The molecule has 200 valence electrons. The maximum Gasteiger partial charge on any atom is 0.257 e. The van der Waals surface area contributed by atoms with Gasteiger partial charge in [-0.25, -0.2) is 0 Å². The molecule has 3 heterocycles. The van der Waals surface area contributed by atoms with Crippen LogP contribution in [-0.4, -0.2) is 52.0 Å². The predicted molar refractivity (Wildman–Crippen MR) is 150 cm³/mol. The van der Waals surface area contributed by atoms with Gasteiger partial charge in [-0.3, -0.25) is 24.3 Å². The molecule has 0 unspecified atom stereocenters. The van der Waals surface area contributed by atoms with E-state index in [1.54, 1.807) is 60.3 Å². The normalized spacial score (nSPS) is 13.7. The standard InChI is InChI=1S/C29H28ClN5O4/c1-33(16-25(36)23-5-3-4-10-31-23)14-19-11-21-27-24(12-19)34(2)26(37)17-35(27)15-22(28(21)38)29(39)32-13-18-6-8-20(30)9-7-18/h3-12,15,25,36H,13-14,16-17H2,1-2H3,(H,32,39)/t25-/m1/s1. The fourth-order valence-electron chi connectivity index (χ4n) is 4.81. The van der Waals surface area contributed by atoms with E-state index in [-0.39, 0.29) is 24.6 Å². The van der Waals surface area contributed by atoms with Crippen LogP contribution in [0.15, 0.2) is 71.8 Å². The molecule has 10 heteroatoms. The SMILES string of the molecule is CN(Cc1cc2c3c(c1)c(=O)c(C(=O)NCc1ccc(Cl)cc1)cn3CC(=O)N2C)C[C@@H](O)c1ccccn1. The summed E-state index contributed by atoms with van der Waals surface area (Å²) in [5, 5.41) is 14.3. The van der Waals surface area contributed by atoms with Crippen molar-refractivity contribution in [1.29, 1.82) is 0 Å². The number of aliphatic hydroxyl groups is 1. The Morgan fingerprint density at radius 1 is 1.15 bits per heavy atom. The Hall–Kier alpha value is -4.05. The summed E-state index contributed by atoms with van der Waals surface area (Å²) in [7, 11) is 3.53. The number of anilines is 1. The minimum absolute atomic E-state index is 0.0211. The largest absolute Gasteiger partial charge is 0.385 e. The summed E-state index contributed by atoms with van der Waals surface area (Å²) in [6.45, 7) is 0.967. The number of pyridine rings is 2. The summed E-state index contributed by atoms with van der Waals surface area (Å²) in [5.41, 5.74) is 2.96. The summed E-state index contributed by atoms with van der Waals surface area (Å²) in [5.74, 6) is -0.675. The van der Waals surface area contributed by atoms with Crippen LogP contribution in [0.3, 0.4) is 0 Å². The molecule has 0 radical (unpaired) electrons. The van der Waals surface area contributed by atoms with E-state index in [0.29, 0.717) is 40.4 Å². The molecule has 39 heavy (non-hydrogen) atoms. The number of carbonyl (C=O) groups excluding carboxylic acids is 2. The molecule has 2 aromatic heterocycles. The molecule has 2 N–H and O–H groups in total. The average Bonchev–Trinajstić information content (AvgIpc) is 2.93. The molecule has 9 nitrogen and oxygen atoms in total. The number of aliphatic hydroxyl groups excluding tert-OH is 1. The number of nitrogens with zero attached hydrogens (tertiary/aromatic N) is 4. The van der Waals surface area contributed by atoms with Gasteiger partial charge in [0.2, 0.25) is 11.3 Å². The Kier molecular flexibility index (Phi) is 7.47. The number of hydrogen-bond acceptors (Lipinski definition) is 6. The molecule has 1 aliphatic rings. The monoisotopic (exact) mass is 545 g/mol. The lowest BCUT2D eigenvalue weighted by atomic mass is 10.0. The maximum absolute atomic E-state index is 13.6. The lowest BCUT2D eigenvalue weighted by Crippen LogP contribution is -2.37. The van der Waals surface area contributed by atoms with Gasteiger partial charge < -0.3 is 19.9 Å². The number of aromatic nitrogens is 2. The Morgan fingerprint density at radius 2 is 1.92 bits per heavy atom. The summed E-state index contributed by atoms with van der Waals surface area (Å²) in [6.07, 6.45) is 2.31. The van der Waals surface area contributed by atoms with Crippen molar-refractivity contribution in [3.05, 3.63) is 105 Å². The summed E-state index contributed by atoms with van der Waals surface area (Å²) in [6, 6.07) is 16.1. The van der Waals surface area contributed by atoms with E-state index >= 15 is 0 Å². The van der Waals surface area contributed by atoms with Gasteiger partial charge >= 0.3 is 0 Å². The molecular weight excluding hydrogens is 518 g/mol. The van der Waals surface area contributed by atoms with E-state index in [1.165, 1.54) is 11.1 Å². The Balaban J connectivity index is 1.46. The molecule has 0 aliphatic carbocycles. The second-order valence-corrected chi connectivity index (χ2v) is 10.2. The Morgan fingerprint density at radius 3 is 2.64 bits per heavy atom. The number of amides is 2. The Bertz CT molecular complexity index is 1600. The van der Waals surface area contributed by atoms with Crippen molar-refractivity contribution in [1.82, 2.24) is 19.8 Å². The van der Waals surface area contributed by atoms with E-state index in [0.717, 1.165) is 11.1 Å². The van der Waals surface area contributed by atoms with Gasteiger partial charge in [0.05, 0.1) is 16.9 Å². The van der Waals surface area contributed by atoms with Crippen LogP contribution in [0.4, 0.5) is 5.69 Å². The van der Waals surface area contributed by atoms with Crippen LogP contribution in [0, 0.1) is 0 Å². The molecule has 0 spiro atoms. The number of nitrogens with one attached hydrogen (secondary N) is 1. The highest BCUT2D eigenvalue weighted by molar-refractivity contribution is 6.30. The summed E-state index contributed by atoms with van der Waals surface area (Å²) in [4.78, 5) is 47.2. The first-order chi connectivity index (χ1) is 18.7. The van der Waals surface area contributed by atoms with Gasteiger partial charge in [-0.2, -0.15) is 0 Å². The fraction of sp³-hybridized carbons (Fsp3) is 0.241. The van der Waals surface area contributed by atoms with Gasteiger partial charge in [0.1, 0.15) is 18.2 Å². The van der Waals surface area contributed by atoms with E-state index in [1.807, 2.05) is 24.1 Å². The second-order valence-electron chi connectivity index (χ2n) is 9.74. The molecule has 1 aliphatic heterocycles. The van der Waals surface area contributed by atoms with Gasteiger partial charge in [-0.1, -0.05) is 29.8 Å². The van der Waals surface area contributed by atoms with E-state index in [4.69, 9.17) is 11.6 Å². The maximum atomic E-state index is 13.6. The highest BCUT2D eigenvalue weighted by Gasteiger charge is 2.27. The van der Waals surface area contributed by atoms with Crippen LogP contribution in [0.2, 0.25) is 5.02 Å². The lowest BCUT2D eigenvalue weighted by molar-refractivity contribution is -0.119. The van der Waals surface area contributed by atoms with E-state index in [9.17, 15) is 19.5 Å². The zero-order valence-corrected chi connectivity index (χ0v) is 22.4. The van der Waals surface area contributed by atoms with Crippen molar-refractivity contribution < 1.29 is 14.7 Å². The zero-order valence-electron chi connectivity index (χ0n) is 21.6. The number of rotatable bonds is 8. The van der Waals surface area contributed by atoms with Crippen molar-refractivity contribution in [2.75, 3.05) is 25.5 Å². The van der Waals surface area contributed by atoms with Crippen LogP contribution in [0.25, 0.3) is 10.9 Å². The lowest BCUT2D eigenvalue weighted by Gasteiger charge is -2.29. The van der Waals surface area contributed by atoms with Gasteiger partial charge in [-0.15, -0.1) is 0 Å². The second kappa shape index (κ2) is 11.0. The zero-order chi connectivity index (χ0) is 27.7. The average molecular weight is 546 g/mol. The van der Waals surface area contributed by atoms with Gasteiger partial charge in [0.15, 0.2) is 0 Å². The molecule has 0 bridgehead atoms. The summed E-state index contributed by atoms with van der Waals surface area (Å²) >= 11 is 5.94. The van der Waals surface area contributed by atoms with Crippen LogP contribution >= 0.6 is 11.6 Å². The molecule has 0 saturated carbocycles. The number of benzene rings is 2. The van der Waals surface area contributed by atoms with Crippen molar-refractivity contribution in [3.8, 4) is 0 Å². The van der Waals surface area contributed by atoms with Crippen LogP contribution in [0.5, 0.6) is 0 Å². The number of halogens is 1. The quantitative estimate of drug-likeness (QED) is 0.352. The predicted octanol–water partition coefficient (Wildman–Crippen LogP) is 3.12. The first-order valence-electron chi connectivity index (χ1n) is 12.5. The third-order valence-electron chi connectivity index (χ3n) is 6.83. The number of hydrogen-bond donors (Lipinski definition) is 2. The van der Waals surface area contributed by atoms with Crippen molar-refractivity contribution >= 4 is 40.0 Å². The topological polar surface area (TPSA) is 108 Å². The first-order valence-corrected chi connectivity index (χ1v) is 12.9. The molecule has 1 atom stereocenters. The van der Waals surface area contributed by atoms with Crippen LogP contribution in [-0.2, 0) is 24.4 Å². The van der Waals surface area contributed by atoms with E-state index < -0.39 is 17.4 Å². The third kappa shape index (κ3) is 5.56. The number of likely N-dealkylation sites (N-methyl/N-ethyl adjacent to an activating group) is 2. The van der Waals surface area contributed by atoms with Gasteiger partial charge in [0.25, 0.3) is 5.91 Å². The Labute approximate surface area is 230 Å². The van der Waals surface area contributed by atoms with Crippen molar-refractivity contribution in [2.24, 2.45) is 0 Å². The molecule has 0 fully saturated rings. The van der Waals surface area contributed by atoms with Crippen molar-refractivity contribution in [3.63, 3.8) is 0 Å². The first kappa shape index (κ1) is 26.6.